The van der Waals surface area contributed by atoms with E-state index in [9.17, 15) is 10.1 Å². The Morgan fingerprint density at radius 2 is 1.74 bits per heavy atom. The molecule has 6 nitrogen and oxygen atoms in total. The second-order valence-electron chi connectivity index (χ2n) is 5.30. The minimum absolute atomic E-state index is 0.0827. The molecule has 0 saturated carbocycles. The van der Waals surface area contributed by atoms with Gasteiger partial charge in [-0.15, -0.1) is 0 Å². The van der Waals surface area contributed by atoms with E-state index in [1.54, 1.807) is 19.1 Å². The Morgan fingerprint density at radius 3 is 2.35 bits per heavy atom. The SMILES string of the molecule is Cc1cc(Oc2ccc(C3OCCCO3)cc2)ccc1[N+](=O)[O-]. The van der Waals surface area contributed by atoms with E-state index in [-0.39, 0.29) is 12.0 Å². The third kappa shape index (κ3) is 3.67. The predicted octanol–water partition coefficient (Wildman–Crippen LogP) is 4.13. The van der Waals surface area contributed by atoms with Crippen LogP contribution in [0.1, 0.15) is 23.8 Å². The number of hydrogen-bond acceptors (Lipinski definition) is 5. The van der Waals surface area contributed by atoms with Crippen molar-refractivity contribution in [2.45, 2.75) is 19.6 Å². The fourth-order valence-corrected chi connectivity index (χ4v) is 2.41. The number of aryl methyl sites for hydroxylation is 1. The quantitative estimate of drug-likeness (QED) is 0.626. The molecule has 2 aromatic rings. The molecule has 0 bridgehead atoms. The number of nitrogens with zero attached hydrogens (tertiary/aromatic N) is 1. The Kier molecular flexibility index (Phi) is 4.55. The molecule has 120 valence electrons. The zero-order valence-electron chi connectivity index (χ0n) is 12.7. The fraction of sp³-hybridized carbons (Fsp3) is 0.294. The van der Waals surface area contributed by atoms with Gasteiger partial charge in [0.25, 0.3) is 5.69 Å². The first-order valence-corrected chi connectivity index (χ1v) is 7.39. The van der Waals surface area contributed by atoms with E-state index in [1.165, 1.54) is 6.07 Å². The van der Waals surface area contributed by atoms with Crippen molar-refractivity contribution in [1.29, 1.82) is 0 Å². The van der Waals surface area contributed by atoms with Gasteiger partial charge in [-0.2, -0.15) is 0 Å². The molecule has 0 aliphatic carbocycles. The topological polar surface area (TPSA) is 70.8 Å². The average molecular weight is 315 g/mol. The Morgan fingerprint density at radius 1 is 1.09 bits per heavy atom. The molecule has 3 rings (SSSR count). The molecule has 2 aromatic carbocycles. The van der Waals surface area contributed by atoms with Crippen LogP contribution in [0.15, 0.2) is 42.5 Å². The van der Waals surface area contributed by atoms with E-state index < -0.39 is 4.92 Å². The van der Waals surface area contributed by atoms with E-state index in [1.807, 2.05) is 24.3 Å². The molecule has 1 heterocycles. The van der Waals surface area contributed by atoms with Crippen molar-refractivity contribution in [2.24, 2.45) is 0 Å². The molecule has 0 spiro atoms. The van der Waals surface area contributed by atoms with E-state index in [2.05, 4.69) is 0 Å². The predicted molar refractivity (Wildman–Crippen MR) is 83.6 cm³/mol. The number of nitro benzene ring substituents is 1. The molecule has 0 atom stereocenters. The van der Waals surface area contributed by atoms with E-state index in [0.717, 1.165) is 12.0 Å². The maximum absolute atomic E-state index is 10.8. The van der Waals surface area contributed by atoms with E-state index in [0.29, 0.717) is 30.3 Å². The van der Waals surface area contributed by atoms with Gasteiger partial charge in [0, 0.05) is 17.2 Å². The number of rotatable bonds is 4. The summed E-state index contributed by atoms with van der Waals surface area (Å²) in [5, 5.41) is 10.8. The summed E-state index contributed by atoms with van der Waals surface area (Å²) in [5.41, 5.74) is 1.59. The highest BCUT2D eigenvalue weighted by Gasteiger charge is 2.16. The number of benzene rings is 2. The van der Waals surface area contributed by atoms with Crippen molar-refractivity contribution in [3.8, 4) is 11.5 Å². The molecule has 0 aromatic heterocycles. The highest BCUT2D eigenvalue weighted by molar-refractivity contribution is 5.45. The maximum Gasteiger partial charge on any atom is 0.272 e. The van der Waals surface area contributed by atoms with Crippen LogP contribution in [-0.2, 0) is 9.47 Å². The minimum Gasteiger partial charge on any atom is -0.457 e. The lowest BCUT2D eigenvalue weighted by molar-refractivity contribution is -0.385. The van der Waals surface area contributed by atoms with Gasteiger partial charge in [-0.25, -0.2) is 0 Å². The molecule has 0 radical (unpaired) electrons. The molecule has 0 N–H and O–H groups in total. The summed E-state index contributed by atoms with van der Waals surface area (Å²) >= 11 is 0. The molecule has 6 heteroatoms. The zero-order chi connectivity index (χ0) is 16.2. The van der Waals surface area contributed by atoms with Gasteiger partial charge in [-0.1, -0.05) is 12.1 Å². The van der Waals surface area contributed by atoms with E-state index >= 15 is 0 Å². The van der Waals surface area contributed by atoms with Gasteiger partial charge in [0.05, 0.1) is 18.1 Å². The van der Waals surface area contributed by atoms with Crippen LogP contribution in [0, 0.1) is 17.0 Å². The van der Waals surface area contributed by atoms with Crippen LogP contribution in [0.25, 0.3) is 0 Å². The van der Waals surface area contributed by atoms with Crippen molar-refractivity contribution < 1.29 is 19.1 Å². The maximum atomic E-state index is 10.8. The third-order valence-electron chi connectivity index (χ3n) is 3.58. The van der Waals surface area contributed by atoms with Gasteiger partial charge in [0.2, 0.25) is 0 Å². The molecule has 1 fully saturated rings. The number of nitro groups is 1. The fourth-order valence-electron chi connectivity index (χ4n) is 2.41. The van der Waals surface area contributed by atoms with Crippen LogP contribution in [0.4, 0.5) is 5.69 Å². The first-order valence-electron chi connectivity index (χ1n) is 7.39. The summed E-state index contributed by atoms with van der Waals surface area (Å²) in [6, 6.07) is 12.1. The van der Waals surface area contributed by atoms with Crippen LogP contribution in [-0.4, -0.2) is 18.1 Å². The standard InChI is InChI=1S/C17H17NO5/c1-12-11-15(7-8-16(12)18(19)20)23-14-5-3-13(4-6-14)17-21-9-2-10-22-17/h3-8,11,17H,2,9-10H2,1H3. The summed E-state index contributed by atoms with van der Waals surface area (Å²) < 4.78 is 16.8. The largest absolute Gasteiger partial charge is 0.457 e. The Bertz CT molecular complexity index is 693. The molecule has 0 unspecified atom stereocenters. The van der Waals surface area contributed by atoms with Gasteiger partial charge in [-0.3, -0.25) is 10.1 Å². The van der Waals surface area contributed by atoms with Crippen LogP contribution < -0.4 is 4.74 Å². The molecule has 0 amide bonds. The van der Waals surface area contributed by atoms with Gasteiger partial charge < -0.3 is 14.2 Å². The van der Waals surface area contributed by atoms with E-state index in [4.69, 9.17) is 14.2 Å². The summed E-state index contributed by atoms with van der Waals surface area (Å²) in [6.45, 7) is 3.09. The smallest absolute Gasteiger partial charge is 0.272 e. The third-order valence-corrected chi connectivity index (χ3v) is 3.58. The zero-order valence-corrected chi connectivity index (χ0v) is 12.7. The normalized spacial score (nSPS) is 15.3. The first kappa shape index (κ1) is 15.5. The van der Waals surface area contributed by atoms with Crippen LogP contribution in [0.5, 0.6) is 11.5 Å². The molecule has 1 aliphatic rings. The van der Waals surface area contributed by atoms with Gasteiger partial charge in [0.15, 0.2) is 6.29 Å². The van der Waals surface area contributed by atoms with Crippen LogP contribution in [0.2, 0.25) is 0 Å². The van der Waals surface area contributed by atoms with Gasteiger partial charge in [-0.05, 0) is 37.6 Å². The minimum atomic E-state index is -0.405. The van der Waals surface area contributed by atoms with Crippen LogP contribution >= 0.6 is 0 Å². The molecule has 1 saturated heterocycles. The molecule has 1 aliphatic heterocycles. The highest BCUT2D eigenvalue weighted by Crippen LogP contribution is 2.29. The van der Waals surface area contributed by atoms with Gasteiger partial charge in [0.1, 0.15) is 11.5 Å². The van der Waals surface area contributed by atoms with Crippen molar-refractivity contribution in [2.75, 3.05) is 13.2 Å². The first-order chi connectivity index (χ1) is 11.1. The highest BCUT2D eigenvalue weighted by atomic mass is 16.7. The average Bonchev–Trinajstić information content (AvgIpc) is 2.56. The van der Waals surface area contributed by atoms with Crippen molar-refractivity contribution in [3.63, 3.8) is 0 Å². The van der Waals surface area contributed by atoms with Crippen molar-refractivity contribution in [3.05, 3.63) is 63.7 Å². The Labute approximate surface area is 133 Å². The lowest BCUT2D eigenvalue weighted by Gasteiger charge is -2.23. The van der Waals surface area contributed by atoms with Crippen LogP contribution in [0.3, 0.4) is 0 Å². The monoisotopic (exact) mass is 315 g/mol. The van der Waals surface area contributed by atoms with Gasteiger partial charge >= 0.3 is 0 Å². The number of ether oxygens (including phenoxy) is 3. The second kappa shape index (κ2) is 6.76. The number of hydrogen-bond donors (Lipinski definition) is 0. The lowest BCUT2D eigenvalue weighted by Crippen LogP contribution is -2.17. The molecule has 23 heavy (non-hydrogen) atoms. The Balaban J connectivity index is 1.70. The summed E-state index contributed by atoms with van der Waals surface area (Å²) in [5.74, 6) is 1.21. The lowest BCUT2D eigenvalue weighted by atomic mass is 10.2. The second-order valence-corrected chi connectivity index (χ2v) is 5.30. The van der Waals surface area contributed by atoms with Crippen molar-refractivity contribution >= 4 is 5.69 Å². The Hall–Kier alpha value is -2.44. The molecular weight excluding hydrogens is 298 g/mol. The summed E-state index contributed by atoms with van der Waals surface area (Å²) in [4.78, 5) is 10.4. The summed E-state index contributed by atoms with van der Waals surface area (Å²) in [7, 11) is 0. The summed E-state index contributed by atoms with van der Waals surface area (Å²) in [6.07, 6.45) is 0.594. The van der Waals surface area contributed by atoms with Crippen molar-refractivity contribution in [1.82, 2.24) is 0 Å². The molecular formula is C17H17NO5.